The molecule has 132 valence electrons. The van der Waals surface area contributed by atoms with Gasteiger partial charge in [0, 0.05) is 16.6 Å². The van der Waals surface area contributed by atoms with E-state index in [9.17, 15) is 9.90 Å². The van der Waals surface area contributed by atoms with E-state index in [0.29, 0.717) is 6.42 Å². The van der Waals surface area contributed by atoms with Gasteiger partial charge in [-0.05, 0) is 30.4 Å². The van der Waals surface area contributed by atoms with Crippen molar-refractivity contribution in [1.29, 1.82) is 0 Å². The van der Waals surface area contributed by atoms with Crippen LogP contribution in [0, 0.1) is 6.92 Å². The second-order valence-corrected chi connectivity index (χ2v) is 6.66. The summed E-state index contributed by atoms with van der Waals surface area (Å²) in [5.41, 5.74) is 8.60. The predicted octanol–water partition coefficient (Wildman–Crippen LogP) is 3.40. The second kappa shape index (κ2) is 6.78. The molecule has 3 aromatic carbocycles. The van der Waals surface area contributed by atoms with Crippen molar-refractivity contribution in [3.8, 4) is 5.75 Å². The number of rotatable bonds is 3. The minimum atomic E-state index is -0.376. The lowest BCUT2D eigenvalue weighted by atomic mass is 9.98. The maximum atomic E-state index is 12.7. The summed E-state index contributed by atoms with van der Waals surface area (Å²) in [5.74, 6) is 0.186. The Bertz CT molecular complexity index is 965. The lowest BCUT2D eigenvalue weighted by Gasteiger charge is -2.14. The fourth-order valence-electron chi connectivity index (χ4n) is 3.45. The Morgan fingerprint density at radius 2 is 1.81 bits per heavy atom. The van der Waals surface area contributed by atoms with Gasteiger partial charge in [0.2, 0.25) is 5.91 Å². The average Bonchev–Trinajstić information content (AvgIpc) is 3.14. The van der Waals surface area contributed by atoms with Crippen molar-refractivity contribution in [3.05, 3.63) is 71.8 Å². The Morgan fingerprint density at radius 3 is 2.69 bits per heavy atom. The van der Waals surface area contributed by atoms with Gasteiger partial charge in [-0.15, -0.1) is 0 Å². The van der Waals surface area contributed by atoms with Crippen LogP contribution in [0.15, 0.2) is 60.7 Å². The fraction of sp³-hybridized carbons (Fsp3) is 0.190. The van der Waals surface area contributed by atoms with Crippen LogP contribution in [0.5, 0.6) is 5.75 Å². The zero-order valence-corrected chi connectivity index (χ0v) is 14.5. The molecule has 0 radical (unpaired) electrons. The SMILES string of the molecule is Cc1cccc(C2CC(C(=O)Nc3cccc4ccccc34)NN2)c1O. The van der Waals surface area contributed by atoms with Crippen LogP contribution in [-0.4, -0.2) is 17.1 Å². The number of nitrogens with one attached hydrogen (secondary N) is 3. The van der Waals surface area contributed by atoms with Crippen molar-refractivity contribution in [2.75, 3.05) is 5.32 Å². The van der Waals surface area contributed by atoms with E-state index >= 15 is 0 Å². The largest absolute Gasteiger partial charge is 0.507 e. The van der Waals surface area contributed by atoms with Crippen molar-refractivity contribution in [1.82, 2.24) is 10.9 Å². The highest BCUT2D eigenvalue weighted by atomic mass is 16.3. The van der Waals surface area contributed by atoms with Crippen molar-refractivity contribution in [2.45, 2.75) is 25.4 Å². The molecule has 1 heterocycles. The zero-order valence-electron chi connectivity index (χ0n) is 14.5. The molecule has 2 atom stereocenters. The van der Waals surface area contributed by atoms with Gasteiger partial charge in [-0.1, -0.05) is 54.6 Å². The summed E-state index contributed by atoms with van der Waals surface area (Å²) in [6.07, 6.45) is 0.563. The molecule has 1 aliphatic rings. The lowest BCUT2D eigenvalue weighted by Crippen LogP contribution is -2.39. The van der Waals surface area contributed by atoms with Gasteiger partial charge in [-0.3, -0.25) is 4.79 Å². The third kappa shape index (κ3) is 3.03. The Morgan fingerprint density at radius 1 is 1.04 bits per heavy atom. The molecule has 4 N–H and O–H groups in total. The summed E-state index contributed by atoms with van der Waals surface area (Å²) in [6.45, 7) is 1.87. The number of aryl methyl sites for hydroxylation is 1. The van der Waals surface area contributed by atoms with E-state index in [-0.39, 0.29) is 23.7 Å². The van der Waals surface area contributed by atoms with Crippen molar-refractivity contribution in [3.63, 3.8) is 0 Å². The molecule has 3 aromatic rings. The molecule has 2 unspecified atom stereocenters. The molecule has 0 aromatic heterocycles. The van der Waals surface area contributed by atoms with Crippen LogP contribution >= 0.6 is 0 Å². The first-order chi connectivity index (χ1) is 12.6. The lowest BCUT2D eigenvalue weighted by molar-refractivity contribution is -0.117. The van der Waals surface area contributed by atoms with Gasteiger partial charge >= 0.3 is 0 Å². The zero-order chi connectivity index (χ0) is 18.1. The number of carbonyl (C=O) groups excluding carboxylic acids is 1. The fourth-order valence-corrected chi connectivity index (χ4v) is 3.45. The maximum Gasteiger partial charge on any atom is 0.242 e. The number of carbonyl (C=O) groups is 1. The first-order valence-corrected chi connectivity index (χ1v) is 8.71. The first kappa shape index (κ1) is 16.6. The summed E-state index contributed by atoms with van der Waals surface area (Å²) >= 11 is 0. The minimum absolute atomic E-state index is 0.0940. The van der Waals surface area contributed by atoms with Gasteiger partial charge in [0.1, 0.15) is 11.8 Å². The molecular weight excluding hydrogens is 326 g/mol. The number of anilines is 1. The summed E-state index contributed by atoms with van der Waals surface area (Å²) in [6, 6.07) is 19.0. The number of hydrazine groups is 1. The second-order valence-electron chi connectivity index (χ2n) is 6.66. The van der Waals surface area contributed by atoms with Gasteiger partial charge in [0.05, 0.1) is 6.04 Å². The Kier molecular flexibility index (Phi) is 4.32. The number of benzene rings is 3. The van der Waals surface area contributed by atoms with E-state index < -0.39 is 0 Å². The number of aromatic hydroxyl groups is 1. The molecule has 26 heavy (non-hydrogen) atoms. The van der Waals surface area contributed by atoms with Crippen LogP contribution in [0.25, 0.3) is 10.8 Å². The smallest absolute Gasteiger partial charge is 0.242 e. The number of fused-ring (bicyclic) bond motifs is 1. The Balaban J connectivity index is 1.50. The van der Waals surface area contributed by atoms with Crippen LogP contribution in [0.1, 0.15) is 23.6 Å². The highest BCUT2D eigenvalue weighted by Crippen LogP contribution is 2.32. The standard InChI is InChI=1S/C21H21N3O2/c1-13-6-4-10-16(20(13)25)18-12-19(24-23-18)21(26)22-17-11-5-8-14-7-2-3-9-15(14)17/h2-11,18-19,23-25H,12H2,1H3,(H,22,26). The molecule has 1 aliphatic heterocycles. The van der Waals surface area contributed by atoms with Crippen molar-refractivity contribution < 1.29 is 9.90 Å². The number of phenolic OH excluding ortho intramolecular Hbond substituents is 1. The highest BCUT2D eigenvalue weighted by molar-refractivity contribution is 6.03. The number of hydrogen-bond acceptors (Lipinski definition) is 4. The number of para-hydroxylation sites is 1. The van der Waals surface area contributed by atoms with Gasteiger partial charge in [-0.25, -0.2) is 10.9 Å². The van der Waals surface area contributed by atoms with Gasteiger partial charge in [0.15, 0.2) is 0 Å². The van der Waals surface area contributed by atoms with Crippen LogP contribution in [-0.2, 0) is 4.79 Å². The summed E-state index contributed by atoms with van der Waals surface area (Å²) in [4.78, 5) is 12.7. The Hall–Kier alpha value is -2.89. The van der Waals surface area contributed by atoms with Crippen LogP contribution in [0.2, 0.25) is 0 Å². The number of phenols is 1. The van der Waals surface area contributed by atoms with E-state index in [0.717, 1.165) is 27.6 Å². The third-order valence-electron chi connectivity index (χ3n) is 4.91. The molecule has 0 saturated carbocycles. The molecule has 4 rings (SSSR count). The molecule has 1 amide bonds. The summed E-state index contributed by atoms with van der Waals surface area (Å²) in [5, 5.41) is 15.4. The number of hydrogen-bond donors (Lipinski definition) is 4. The average molecular weight is 347 g/mol. The first-order valence-electron chi connectivity index (χ1n) is 8.71. The molecule has 0 bridgehead atoms. The van der Waals surface area contributed by atoms with Crippen LogP contribution in [0.4, 0.5) is 5.69 Å². The van der Waals surface area contributed by atoms with Crippen LogP contribution < -0.4 is 16.2 Å². The predicted molar refractivity (Wildman–Crippen MR) is 103 cm³/mol. The van der Waals surface area contributed by atoms with Gasteiger partial charge in [-0.2, -0.15) is 0 Å². The van der Waals surface area contributed by atoms with Crippen molar-refractivity contribution in [2.24, 2.45) is 0 Å². The third-order valence-corrected chi connectivity index (χ3v) is 4.91. The topological polar surface area (TPSA) is 73.4 Å². The van der Waals surface area contributed by atoms with Gasteiger partial charge in [0.25, 0.3) is 0 Å². The molecule has 0 spiro atoms. The van der Waals surface area contributed by atoms with E-state index in [4.69, 9.17) is 0 Å². The Labute approximate surface area is 152 Å². The molecule has 5 nitrogen and oxygen atoms in total. The molecule has 0 aliphatic carbocycles. The summed E-state index contributed by atoms with van der Waals surface area (Å²) < 4.78 is 0. The normalized spacial score (nSPS) is 19.6. The quantitative estimate of drug-likeness (QED) is 0.586. The van der Waals surface area contributed by atoms with Gasteiger partial charge < -0.3 is 10.4 Å². The number of amides is 1. The van der Waals surface area contributed by atoms with E-state index in [1.165, 1.54) is 0 Å². The van der Waals surface area contributed by atoms with Crippen molar-refractivity contribution >= 4 is 22.4 Å². The van der Waals surface area contributed by atoms with E-state index in [2.05, 4.69) is 16.2 Å². The molecular formula is C21H21N3O2. The molecule has 1 saturated heterocycles. The monoisotopic (exact) mass is 347 g/mol. The highest BCUT2D eigenvalue weighted by Gasteiger charge is 2.31. The minimum Gasteiger partial charge on any atom is -0.507 e. The van der Waals surface area contributed by atoms with E-state index in [1.807, 2.05) is 67.6 Å². The maximum absolute atomic E-state index is 12.7. The van der Waals surface area contributed by atoms with E-state index in [1.54, 1.807) is 0 Å². The van der Waals surface area contributed by atoms with Crippen LogP contribution in [0.3, 0.4) is 0 Å². The summed E-state index contributed by atoms with van der Waals surface area (Å²) in [7, 11) is 0. The molecule has 5 heteroatoms. The molecule has 1 fully saturated rings.